The first-order chi connectivity index (χ1) is 11.7. The zero-order valence-electron chi connectivity index (χ0n) is 15.7. The van der Waals surface area contributed by atoms with Crippen LogP contribution in [0.1, 0.15) is 50.7 Å². The monoisotopic (exact) mass is 360 g/mol. The molecule has 0 aromatic heterocycles. The van der Waals surface area contributed by atoms with Gasteiger partial charge in [0.1, 0.15) is 0 Å². The highest BCUT2D eigenvalue weighted by Crippen LogP contribution is 2.31. The van der Waals surface area contributed by atoms with E-state index in [1.54, 1.807) is 0 Å². The van der Waals surface area contributed by atoms with Gasteiger partial charge in [0.2, 0.25) is 0 Å². The molecule has 0 atom stereocenters. The van der Waals surface area contributed by atoms with Crippen LogP contribution in [0.3, 0.4) is 0 Å². The van der Waals surface area contributed by atoms with E-state index in [0.717, 1.165) is 0 Å². The van der Waals surface area contributed by atoms with Crippen LogP contribution in [0.4, 0.5) is 0 Å². The highest BCUT2D eigenvalue weighted by molar-refractivity contribution is 7.99. The summed E-state index contributed by atoms with van der Waals surface area (Å²) in [4.78, 5) is 2.68. The van der Waals surface area contributed by atoms with Gasteiger partial charge in [-0.05, 0) is 61.5 Å². The molecule has 132 valence electrons. The van der Waals surface area contributed by atoms with Crippen LogP contribution >= 0.6 is 23.5 Å². The molecule has 0 unspecified atom stereocenters. The molecule has 0 radical (unpaired) electrons. The van der Waals surface area contributed by atoms with Gasteiger partial charge in [-0.3, -0.25) is 0 Å². The van der Waals surface area contributed by atoms with Crippen molar-refractivity contribution in [2.45, 2.75) is 63.2 Å². The van der Waals surface area contributed by atoms with E-state index in [-0.39, 0.29) is 0 Å². The molecule has 24 heavy (non-hydrogen) atoms. The largest absolute Gasteiger partial charge is 0.162 e. The topological polar surface area (TPSA) is 0 Å². The van der Waals surface area contributed by atoms with Crippen molar-refractivity contribution < 1.29 is 0 Å². The lowest BCUT2D eigenvalue weighted by Gasteiger charge is -2.07. The highest BCUT2D eigenvalue weighted by atomic mass is 32.2. The maximum atomic E-state index is 2.25. The van der Waals surface area contributed by atoms with Gasteiger partial charge in [-0.1, -0.05) is 74.8 Å². The van der Waals surface area contributed by atoms with Gasteiger partial charge >= 0.3 is 0 Å². The van der Waals surface area contributed by atoms with Crippen LogP contribution in [0.5, 0.6) is 0 Å². The Kier molecular flexibility index (Phi) is 11.9. The van der Waals surface area contributed by atoms with Gasteiger partial charge in [-0.2, -0.15) is 11.8 Å². The molecule has 0 bridgehead atoms. The molecule has 0 aliphatic heterocycles. The van der Waals surface area contributed by atoms with E-state index in [2.05, 4.69) is 88.0 Å². The van der Waals surface area contributed by atoms with E-state index in [0.29, 0.717) is 0 Å². The van der Waals surface area contributed by atoms with Gasteiger partial charge in [0.25, 0.3) is 0 Å². The van der Waals surface area contributed by atoms with E-state index in [1.165, 1.54) is 58.1 Å². The molecule has 2 aromatic carbocycles. The summed E-state index contributed by atoms with van der Waals surface area (Å²) in [6.45, 7) is 8.81. The second kappa shape index (κ2) is 13.4. The zero-order valence-corrected chi connectivity index (χ0v) is 17.3. The number of hydrogen-bond donors (Lipinski definition) is 0. The Balaban J connectivity index is 0.000000277. The van der Waals surface area contributed by atoms with Gasteiger partial charge in [-0.15, -0.1) is 0 Å². The molecular weight excluding hydrogens is 328 g/mol. The average Bonchev–Trinajstić information content (AvgIpc) is 2.59. The molecule has 0 N–H and O–H groups in total. The molecule has 0 saturated heterocycles. The average molecular weight is 361 g/mol. The van der Waals surface area contributed by atoms with Gasteiger partial charge in [0.15, 0.2) is 0 Å². The van der Waals surface area contributed by atoms with E-state index in [4.69, 9.17) is 0 Å². The minimum atomic E-state index is 1.34. The number of benzene rings is 2. The lowest BCUT2D eigenvalue weighted by molar-refractivity contribution is 0.879. The van der Waals surface area contributed by atoms with Crippen LogP contribution in [0.25, 0.3) is 0 Å². The van der Waals surface area contributed by atoms with Crippen LogP contribution in [-0.4, -0.2) is 11.5 Å². The Morgan fingerprint density at radius 3 is 1.46 bits per heavy atom. The minimum Gasteiger partial charge on any atom is -0.162 e. The normalized spacial score (nSPS) is 10.2. The standard InChI is InChI=1S/C14H14S.C8H18S/c1-11-7-3-5-9-13(11)15-14-10-6-4-8-12(14)2;1-3-5-7-9-8-6-4-2/h3-10H,1-2H3;3-8H2,1-2H3. The Labute approximate surface area is 157 Å². The first-order valence-corrected chi connectivity index (χ1v) is 11.0. The number of thioether (sulfide) groups is 1. The van der Waals surface area contributed by atoms with Gasteiger partial charge in [-0.25, -0.2) is 0 Å². The number of unbranched alkanes of at least 4 members (excludes halogenated alkanes) is 2. The summed E-state index contributed by atoms with van der Waals surface area (Å²) >= 11 is 3.94. The summed E-state index contributed by atoms with van der Waals surface area (Å²) in [6.07, 6.45) is 5.49. The maximum absolute atomic E-state index is 2.25. The van der Waals surface area contributed by atoms with Crippen molar-refractivity contribution in [2.75, 3.05) is 11.5 Å². The molecule has 2 aromatic rings. The molecule has 0 heterocycles. The predicted molar refractivity (Wildman–Crippen MR) is 114 cm³/mol. The van der Waals surface area contributed by atoms with Gasteiger partial charge in [0.05, 0.1) is 0 Å². The van der Waals surface area contributed by atoms with E-state index >= 15 is 0 Å². The summed E-state index contributed by atoms with van der Waals surface area (Å²) < 4.78 is 0. The minimum absolute atomic E-state index is 1.34. The molecule has 2 heteroatoms. The molecule has 0 nitrogen and oxygen atoms in total. The van der Waals surface area contributed by atoms with Crippen molar-refractivity contribution in [3.8, 4) is 0 Å². The lowest BCUT2D eigenvalue weighted by Crippen LogP contribution is -1.81. The Bertz CT molecular complexity index is 514. The van der Waals surface area contributed by atoms with E-state index in [1.807, 2.05) is 11.8 Å². The lowest BCUT2D eigenvalue weighted by atomic mass is 10.2. The second-order valence-corrected chi connectivity index (χ2v) is 8.26. The molecule has 0 aliphatic rings. The number of aryl methyl sites for hydroxylation is 2. The third-order valence-corrected chi connectivity index (χ3v) is 6.20. The first-order valence-electron chi connectivity index (χ1n) is 9.05. The van der Waals surface area contributed by atoms with Gasteiger partial charge < -0.3 is 0 Å². The second-order valence-electron chi connectivity index (χ2n) is 5.95. The maximum Gasteiger partial charge on any atom is 0.0151 e. The van der Waals surface area contributed by atoms with Gasteiger partial charge in [0, 0.05) is 9.79 Å². The fourth-order valence-corrected chi connectivity index (χ4v) is 4.23. The smallest absolute Gasteiger partial charge is 0.0151 e. The summed E-state index contributed by atoms with van der Waals surface area (Å²) in [6, 6.07) is 17.0. The number of rotatable bonds is 8. The summed E-state index contributed by atoms with van der Waals surface area (Å²) in [7, 11) is 0. The number of hydrogen-bond acceptors (Lipinski definition) is 2. The quantitative estimate of drug-likeness (QED) is 0.441. The van der Waals surface area contributed by atoms with Crippen molar-refractivity contribution in [1.29, 1.82) is 0 Å². The summed E-state index contributed by atoms with van der Waals surface area (Å²) in [5, 5.41) is 0. The zero-order chi connectivity index (χ0) is 17.6. The molecular formula is C22H32S2. The SMILES string of the molecule is CCCCSCCCC.Cc1ccccc1Sc1ccccc1C. The van der Waals surface area contributed by atoms with Crippen molar-refractivity contribution in [1.82, 2.24) is 0 Å². The van der Waals surface area contributed by atoms with Crippen molar-refractivity contribution in [2.24, 2.45) is 0 Å². The molecule has 0 spiro atoms. The van der Waals surface area contributed by atoms with Crippen molar-refractivity contribution in [3.05, 3.63) is 59.7 Å². The molecule has 0 fully saturated rings. The fourth-order valence-electron chi connectivity index (χ4n) is 2.06. The molecule has 2 rings (SSSR count). The summed E-state index contributed by atoms with van der Waals surface area (Å²) in [5.41, 5.74) is 2.68. The van der Waals surface area contributed by atoms with Crippen molar-refractivity contribution in [3.63, 3.8) is 0 Å². The van der Waals surface area contributed by atoms with Crippen LogP contribution in [-0.2, 0) is 0 Å². The molecule has 0 saturated carbocycles. The van der Waals surface area contributed by atoms with E-state index < -0.39 is 0 Å². The van der Waals surface area contributed by atoms with Crippen molar-refractivity contribution >= 4 is 23.5 Å². The molecule has 0 aliphatic carbocycles. The third-order valence-electron chi connectivity index (χ3n) is 3.69. The van der Waals surface area contributed by atoms with Crippen LogP contribution < -0.4 is 0 Å². The molecule has 0 amide bonds. The third kappa shape index (κ3) is 8.84. The fraction of sp³-hybridized carbons (Fsp3) is 0.455. The van der Waals surface area contributed by atoms with Crippen LogP contribution in [0, 0.1) is 13.8 Å². The van der Waals surface area contributed by atoms with E-state index in [9.17, 15) is 0 Å². The van der Waals surface area contributed by atoms with Crippen LogP contribution in [0.2, 0.25) is 0 Å². The first kappa shape index (κ1) is 21.2. The summed E-state index contributed by atoms with van der Waals surface area (Å²) in [5.74, 6) is 2.74. The highest BCUT2D eigenvalue weighted by Gasteiger charge is 2.01. The Morgan fingerprint density at radius 2 is 1.08 bits per heavy atom. The predicted octanol–water partition coefficient (Wildman–Crippen LogP) is 7.77. The Hall–Kier alpha value is -0.860. The van der Waals surface area contributed by atoms with Crippen LogP contribution in [0.15, 0.2) is 58.3 Å². The Morgan fingerprint density at radius 1 is 0.667 bits per heavy atom.